The Balaban J connectivity index is 2.74. The zero-order valence-corrected chi connectivity index (χ0v) is 11.2. The van der Waals surface area contributed by atoms with Crippen molar-refractivity contribution in [2.75, 3.05) is 20.8 Å². The molecule has 0 bridgehead atoms. The second-order valence-corrected chi connectivity index (χ2v) is 4.03. The molecule has 0 fully saturated rings. The quantitative estimate of drug-likeness (QED) is 0.753. The fourth-order valence-electron chi connectivity index (χ4n) is 1.84. The molecule has 0 spiro atoms. The van der Waals surface area contributed by atoms with Crippen molar-refractivity contribution in [2.24, 2.45) is 0 Å². The van der Waals surface area contributed by atoms with E-state index in [1.165, 1.54) is 0 Å². The first-order valence-corrected chi connectivity index (χ1v) is 6.12. The van der Waals surface area contributed by atoms with Crippen LogP contribution < -0.4 is 5.32 Å². The lowest BCUT2D eigenvalue weighted by Gasteiger charge is -2.16. The average molecular weight is 251 g/mol. The molecule has 1 unspecified atom stereocenters. The van der Waals surface area contributed by atoms with E-state index >= 15 is 0 Å². The first-order valence-electron chi connectivity index (χ1n) is 6.12. The van der Waals surface area contributed by atoms with Crippen molar-refractivity contribution >= 4 is 5.97 Å². The second-order valence-electron chi connectivity index (χ2n) is 4.03. The minimum Gasteiger partial charge on any atom is -0.466 e. The summed E-state index contributed by atoms with van der Waals surface area (Å²) in [6.07, 6.45) is 0.334. The third-order valence-corrected chi connectivity index (χ3v) is 2.69. The van der Waals surface area contributed by atoms with Crippen molar-refractivity contribution in [1.29, 1.82) is 0 Å². The molecule has 1 aromatic rings. The van der Waals surface area contributed by atoms with Crippen LogP contribution in [-0.2, 0) is 20.9 Å². The van der Waals surface area contributed by atoms with Crippen LogP contribution in [0.25, 0.3) is 0 Å². The van der Waals surface area contributed by atoms with Gasteiger partial charge in [0.2, 0.25) is 0 Å². The van der Waals surface area contributed by atoms with Gasteiger partial charge in [-0.1, -0.05) is 24.3 Å². The molecule has 0 aliphatic heterocycles. The molecule has 0 aliphatic rings. The van der Waals surface area contributed by atoms with Crippen LogP contribution >= 0.6 is 0 Å². The van der Waals surface area contributed by atoms with Crippen molar-refractivity contribution in [3.63, 3.8) is 0 Å². The van der Waals surface area contributed by atoms with Gasteiger partial charge in [0.05, 0.1) is 19.6 Å². The van der Waals surface area contributed by atoms with E-state index in [0.717, 1.165) is 11.1 Å². The predicted octanol–water partition coefficient (Wildman–Crippen LogP) is 2.05. The zero-order valence-electron chi connectivity index (χ0n) is 11.2. The molecule has 1 N–H and O–H groups in total. The van der Waals surface area contributed by atoms with Crippen LogP contribution in [0.3, 0.4) is 0 Å². The summed E-state index contributed by atoms with van der Waals surface area (Å²) in [5.41, 5.74) is 2.17. The third-order valence-electron chi connectivity index (χ3n) is 2.69. The summed E-state index contributed by atoms with van der Waals surface area (Å²) < 4.78 is 10.1. The number of carbonyl (C=O) groups excluding carboxylic acids is 1. The fraction of sp³-hybridized carbons (Fsp3) is 0.500. The van der Waals surface area contributed by atoms with E-state index < -0.39 is 0 Å². The minimum atomic E-state index is -0.186. The normalized spacial score (nSPS) is 12.2. The molecule has 0 saturated carbocycles. The summed E-state index contributed by atoms with van der Waals surface area (Å²) in [5, 5.41) is 3.14. The molecular formula is C14H21NO3. The lowest BCUT2D eigenvalue weighted by atomic mass is 10.0. The molecule has 1 aromatic carbocycles. The number of nitrogens with one attached hydrogen (secondary N) is 1. The van der Waals surface area contributed by atoms with E-state index in [2.05, 4.69) is 5.32 Å². The molecule has 4 heteroatoms. The molecule has 0 aromatic heterocycles. The van der Waals surface area contributed by atoms with E-state index in [-0.39, 0.29) is 12.0 Å². The Morgan fingerprint density at radius 3 is 2.83 bits per heavy atom. The lowest BCUT2D eigenvalue weighted by Crippen LogP contribution is -2.21. The molecule has 1 atom stereocenters. The maximum atomic E-state index is 11.5. The van der Waals surface area contributed by atoms with Crippen molar-refractivity contribution in [3.8, 4) is 0 Å². The van der Waals surface area contributed by atoms with Gasteiger partial charge < -0.3 is 14.8 Å². The van der Waals surface area contributed by atoms with Crippen molar-refractivity contribution in [2.45, 2.75) is 26.0 Å². The smallest absolute Gasteiger partial charge is 0.307 e. The second kappa shape index (κ2) is 7.84. The van der Waals surface area contributed by atoms with Crippen LogP contribution in [0.2, 0.25) is 0 Å². The van der Waals surface area contributed by atoms with Gasteiger partial charge in [0.25, 0.3) is 0 Å². The molecule has 4 nitrogen and oxygen atoms in total. The third kappa shape index (κ3) is 4.47. The highest BCUT2D eigenvalue weighted by atomic mass is 16.5. The molecule has 1 rings (SSSR count). The topological polar surface area (TPSA) is 47.6 Å². The maximum Gasteiger partial charge on any atom is 0.307 e. The first kappa shape index (κ1) is 14.7. The van der Waals surface area contributed by atoms with Gasteiger partial charge >= 0.3 is 5.97 Å². The van der Waals surface area contributed by atoms with Gasteiger partial charge in [-0.25, -0.2) is 0 Å². The highest BCUT2D eigenvalue weighted by Gasteiger charge is 2.15. The standard InChI is InChI=1S/C14H21NO3/c1-4-18-14(16)9-13(15-2)12-7-5-6-11(8-12)10-17-3/h5-8,13,15H,4,9-10H2,1-3H3. The summed E-state index contributed by atoms with van der Waals surface area (Å²) in [5.74, 6) is -0.186. The van der Waals surface area contributed by atoms with Gasteiger partial charge in [-0.2, -0.15) is 0 Å². The van der Waals surface area contributed by atoms with Gasteiger partial charge in [0.15, 0.2) is 0 Å². The Bertz CT molecular complexity index is 379. The zero-order chi connectivity index (χ0) is 13.4. The lowest BCUT2D eigenvalue weighted by molar-refractivity contribution is -0.143. The maximum absolute atomic E-state index is 11.5. The molecule has 0 saturated heterocycles. The van der Waals surface area contributed by atoms with Crippen molar-refractivity contribution in [1.82, 2.24) is 5.32 Å². The minimum absolute atomic E-state index is 0.0270. The Morgan fingerprint density at radius 2 is 2.22 bits per heavy atom. The van der Waals surface area contributed by atoms with Crippen LogP contribution in [0.5, 0.6) is 0 Å². The van der Waals surface area contributed by atoms with Gasteiger partial charge in [0, 0.05) is 13.2 Å². The predicted molar refractivity (Wildman–Crippen MR) is 70.2 cm³/mol. The van der Waals surface area contributed by atoms with Crippen LogP contribution in [-0.4, -0.2) is 26.7 Å². The van der Waals surface area contributed by atoms with Crippen LogP contribution in [0.1, 0.15) is 30.5 Å². The molecule has 0 aliphatic carbocycles. The molecular weight excluding hydrogens is 230 g/mol. The van der Waals surface area contributed by atoms with E-state index in [1.807, 2.05) is 38.2 Å². The van der Waals surface area contributed by atoms with Crippen LogP contribution in [0.15, 0.2) is 24.3 Å². The van der Waals surface area contributed by atoms with Crippen molar-refractivity contribution < 1.29 is 14.3 Å². The largest absolute Gasteiger partial charge is 0.466 e. The van der Waals surface area contributed by atoms with Crippen LogP contribution in [0, 0.1) is 0 Å². The number of benzene rings is 1. The Labute approximate surface area is 108 Å². The summed E-state index contributed by atoms with van der Waals surface area (Å²) in [7, 11) is 3.51. The number of hydrogen-bond donors (Lipinski definition) is 1. The number of carbonyl (C=O) groups is 1. The SMILES string of the molecule is CCOC(=O)CC(NC)c1cccc(COC)c1. The van der Waals surface area contributed by atoms with Crippen LogP contribution in [0.4, 0.5) is 0 Å². The number of hydrogen-bond acceptors (Lipinski definition) is 4. The van der Waals surface area contributed by atoms with E-state index in [9.17, 15) is 4.79 Å². The van der Waals surface area contributed by atoms with E-state index in [4.69, 9.17) is 9.47 Å². The summed E-state index contributed by atoms with van der Waals surface area (Å²) in [6, 6.07) is 7.99. The van der Waals surface area contributed by atoms with Gasteiger partial charge in [-0.3, -0.25) is 4.79 Å². The molecule has 0 amide bonds. The highest BCUT2D eigenvalue weighted by Crippen LogP contribution is 2.18. The summed E-state index contributed by atoms with van der Waals surface area (Å²) >= 11 is 0. The Morgan fingerprint density at radius 1 is 1.44 bits per heavy atom. The molecule has 100 valence electrons. The van der Waals surface area contributed by atoms with Gasteiger partial charge in [0.1, 0.15) is 0 Å². The monoisotopic (exact) mass is 251 g/mol. The molecule has 0 radical (unpaired) electrons. The summed E-state index contributed by atoms with van der Waals surface area (Å²) in [6.45, 7) is 2.80. The average Bonchev–Trinajstić information content (AvgIpc) is 2.37. The molecule has 0 heterocycles. The molecule has 18 heavy (non-hydrogen) atoms. The Hall–Kier alpha value is -1.39. The first-order chi connectivity index (χ1) is 8.71. The number of esters is 1. The van der Waals surface area contributed by atoms with Gasteiger partial charge in [-0.05, 0) is 25.1 Å². The highest BCUT2D eigenvalue weighted by molar-refractivity contribution is 5.70. The van der Waals surface area contributed by atoms with Gasteiger partial charge in [-0.15, -0.1) is 0 Å². The Kier molecular flexibility index (Phi) is 6.39. The summed E-state index contributed by atoms with van der Waals surface area (Å²) in [4.78, 5) is 11.5. The van der Waals surface area contributed by atoms with E-state index in [0.29, 0.717) is 19.6 Å². The van der Waals surface area contributed by atoms with E-state index in [1.54, 1.807) is 7.11 Å². The van der Waals surface area contributed by atoms with Crippen molar-refractivity contribution in [3.05, 3.63) is 35.4 Å². The number of rotatable bonds is 7. The number of ether oxygens (including phenoxy) is 2. The number of methoxy groups -OCH3 is 1. The fourth-order valence-corrected chi connectivity index (χ4v) is 1.84.